The van der Waals surface area contributed by atoms with Gasteiger partial charge in [-0.2, -0.15) is 5.26 Å². The topological polar surface area (TPSA) is 64.8 Å². The number of rotatable bonds is 3. The van der Waals surface area contributed by atoms with Crippen LogP contribution in [-0.2, 0) is 0 Å². The van der Waals surface area contributed by atoms with Crippen LogP contribution in [-0.4, -0.2) is 29.1 Å². The zero-order chi connectivity index (χ0) is 16.2. The van der Waals surface area contributed by atoms with Crippen molar-refractivity contribution < 1.29 is 0 Å². The average Bonchev–Trinajstić information content (AvgIpc) is 2.54. The number of anilines is 2. The first-order valence-electron chi connectivity index (χ1n) is 7.66. The highest BCUT2D eigenvalue weighted by atomic mass is 35.5. The molecule has 3 rings (SSSR count). The average molecular weight is 328 g/mol. The minimum absolute atomic E-state index is 0.273. The molecule has 118 valence electrons. The third-order valence-corrected chi connectivity index (χ3v) is 4.14. The first-order valence-corrected chi connectivity index (χ1v) is 8.03. The van der Waals surface area contributed by atoms with Crippen LogP contribution in [0.4, 0.5) is 11.6 Å². The predicted octanol–water partition coefficient (Wildman–Crippen LogP) is 3.39. The Morgan fingerprint density at radius 1 is 1.39 bits per heavy atom. The van der Waals surface area contributed by atoms with Gasteiger partial charge in [0.15, 0.2) is 0 Å². The summed E-state index contributed by atoms with van der Waals surface area (Å²) in [6, 6.07) is 9.80. The molecule has 1 unspecified atom stereocenters. The highest BCUT2D eigenvalue weighted by Gasteiger charge is 2.21. The van der Waals surface area contributed by atoms with Crippen molar-refractivity contribution >= 4 is 23.2 Å². The van der Waals surface area contributed by atoms with E-state index in [1.54, 1.807) is 12.3 Å². The number of hydrogen-bond acceptors (Lipinski definition) is 5. The molecule has 1 atom stereocenters. The number of nitrogens with one attached hydrogen (secondary N) is 1. The fourth-order valence-corrected chi connectivity index (χ4v) is 3.08. The lowest BCUT2D eigenvalue weighted by Gasteiger charge is -2.35. The van der Waals surface area contributed by atoms with Crippen molar-refractivity contribution in [2.75, 3.05) is 23.3 Å². The van der Waals surface area contributed by atoms with Gasteiger partial charge in [-0.15, -0.1) is 0 Å². The number of halogens is 1. The van der Waals surface area contributed by atoms with E-state index in [1.807, 2.05) is 25.1 Å². The maximum Gasteiger partial charge on any atom is 0.223 e. The van der Waals surface area contributed by atoms with Gasteiger partial charge in [-0.3, -0.25) is 0 Å². The lowest BCUT2D eigenvalue weighted by atomic mass is 10.0. The molecule has 1 aliphatic rings. The van der Waals surface area contributed by atoms with Gasteiger partial charge in [-0.1, -0.05) is 11.6 Å². The number of aryl methyl sites for hydroxylation is 1. The molecule has 1 aromatic heterocycles. The second kappa shape index (κ2) is 6.84. The van der Waals surface area contributed by atoms with Crippen LogP contribution in [0.2, 0.25) is 5.02 Å². The zero-order valence-corrected chi connectivity index (χ0v) is 13.7. The van der Waals surface area contributed by atoms with Crippen molar-refractivity contribution in [2.24, 2.45) is 0 Å². The Kier molecular flexibility index (Phi) is 4.63. The van der Waals surface area contributed by atoms with Gasteiger partial charge in [0.1, 0.15) is 0 Å². The predicted molar refractivity (Wildman–Crippen MR) is 91.8 cm³/mol. The van der Waals surface area contributed by atoms with E-state index in [0.29, 0.717) is 16.5 Å². The molecule has 0 bridgehead atoms. The summed E-state index contributed by atoms with van der Waals surface area (Å²) in [7, 11) is 0. The molecule has 0 amide bonds. The van der Waals surface area contributed by atoms with E-state index in [1.165, 1.54) is 0 Å². The van der Waals surface area contributed by atoms with E-state index in [9.17, 15) is 0 Å². The van der Waals surface area contributed by atoms with Crippen molar-refractivity contribution in [2.45, 2.75) is 25.8 Å². The van der Waals surface area contributed by atoms with E-state index in [0.717, 1.165) is 37.3 Å². The summed E-state index contributed by atoms with van der Waals surface area (Å²) in [5, 5.41) is 13.1. The summed E-state index contributed by atoms with van der Waals surface area (Å²) in [4.78, 5) is 10.9. The summed E-state index contributed by atoms with van der Waals surface area (Å²) < 4.78 is 0. The number of nitriles is 1. The van der Waals surface area contributed by atoms with Gasteiger partial charge in [0.25, 0.3) is 0 Å². The zero-order valence-electron chi connectivity index (χ0n) is 13.0. The van der Waals surface area contributed by atoms with Crippen molar-refractivity contribution in [1.82, 2.24) is 9.97 Å². The Hall–Kier alpha value is -2.32. The van der Waals surface area contributed by atoms with Crippen LogP contribution in [0.15, 0.2) is 30.5 Å². The molecule has 2 aromatic rings. The van der Waals surface area contributed by atoms with E-state index in [2.05, 4.69) is 26.3 Å². The maximum atomic E-state index is 9.10. The molecule has 1 aliphatic heterocycles. The lowest BCUT2D eigenvalue weighted by molar-refractivity contribution is 0.527. The fraction of sp³-hybridized carbons (Fsp3) is 0.353. The summed E-state index contributed by atoms with van der Waals surface area (Å²) in [6.45, 7) is 3.75. The Bertz CT molecular complexity index is 740. The fourth-order valence-electron chi connectivity index (χ4n) is 2.85. The van der Waals surface area contributed by atoms with Gasteiger partial charge in [0.2, 0.25) is 5.95 Å². The number of aromatic nitrogens is 2. The Balaban J connectivity index is 1.73. The van der Waals surface area contributed by atoms with Gasteiger partial charge in [0, 0.05) is 41.7 Å². The van der Waals surface area contributed by atoms with Crippen LogP contribution in [0.1, 0.15) is 24.1 Å². The smallest absolute Gasteiger partial charge is 0.223 e. The number of benzene rings is 1. The SMILES string of the molecule is Cc1ccnc(NC2CCCN(c3cc(Cl)cc(C#N)c3)C2)n1. The first-order chi connectivity index (χ1) is 11.1. The van der Waals surface area contributed by atoms with Crippen LogP contribution < -0.4 is 10.2 Å². The van der Waals surface area contributed by atoms with Gasteiger partial charge in [0.05, 0.1) is 11.6 Å². The van der Waals surface area contributed by atoms with Crippen LogP contribution in [0.25, 0.3) is 0 Å². The van der Waals surface area contributed by atoms with E-state index in [4.69, 9.17) is 16.9 Å². The normalized spacial score (nSPS) is 17.6. The van der Waals surface area contributed by atoms with Gasteiger partial charge >= 0.3 is 0 Å². The summed E-state index contributed by atoms with van der Waals surface area (Å²) in [6.07, 6.45) is 3.90. The Morgan fingerprint density at radius 3 is 3.04 bits per heavy atom. The molecule has 0 spiro atoms. The van der Waals surface area contributed by atoms with Crippen molar-refractivity contribution in [3.05, 3.63) is 46.7 Å². The summed E-state index contributed by atoms with van der Waals surface area (Å²) >= 11 is 6.12. The summed E-state index contributed by atoms with van der Waals surface area (Å²) in [5.41, 5.74) is 2.53. The molecule has 1 aromatic carbocycles. The number of nitrogens with zero attached hydrogens (tertiary/aromatic N) is 4. The van der Waals surface area contributed by atoms with Crippen molar-refractivity contribution in [3.63, 3.8) is 0 Å². The highest BCUT2D eigenvalue weighted by molar-refractivity contribution is 6.31. The minimum atomic E-state index is 0.273. The number of piperidine rings is 1. The standard InChI is InChI=1S/C17H18ClN5/c1-12-4-5-20-17(21-12)22-15-3-2-6-23(11-15)16-8-13(10-19)7-14(18)9-16/h4-5,7-9,15H,2-3,6,11H2,1H3,(H,20,21,22). The molecule has 23 heavy (non-hydrogen) atoms. The molecule has 1 saturated heterocycles. The molecule has 1 N–H and O–H groups in total. The van der Waals surface area contributed by atoms with Crippen molar-refractivity contribution in [1.29, 1.82) is 5.26 Å². The molecule has 6 heteroatoms. The molecule has 1 fully saturated rings. The third-order valence-electron chi connectivity index (χ3n) is 3.93. The lowest BCUT2D eigenvalue weighted by Crippen LogP contribution is -2.42. The van der Waals surface area contributed by atoms with Crippen LogP contribution in [0.5, 0.6) is 0 Å². The first kappa shape index (κ1) is 15.6. The Labute approximate surface area is 140 Å². The van der Waals surface area contributed by atoms with E-state index < -0.39 is 0 Å². The van der Waals surface area contributed by atoms with E-state index in [-0.39, 0.29) is 6.04 Å². The monoisotopic (exact) mass is 327 g/mol. The number of hydrogen-bond donors (Lipinski definition) is 1. The van der Waals surface area contributed by atoms with Crippen LogP contribution >= 0.6 is 11.6 Å². The highest BCUT2D eigenvalue weighted by Crippen LogP contribution is 2.25. The van der Waals surface area contributed by atoms with Crippen LogP contribution in [0, 0.1) is 18.3 Å². The molecule has 0 radical (unpaired) electrons. The molecular formula is C17H18ClN5. The molecule has 0 aliphatic carbocycles. The molecule has 0 saturated carbocycles. The van der Waals surface area contributed by atoms with E-state index >= 15 is 0 Å². The van der Waals surface area contributed by atoms with Gasteiger partial charge in [-0.25, -0.2) is 9.97 Å². The molecule has 2 heterocycles. The largest absolute Gasteiger partial charge is 0.369 e. The van der Waals surface area contributed by atoms with Gasteiger partial charge in [-0.05, 0) is 44.0 Å². The second-order valence-corrected chi connectivity index (χ2v) is 6.20. The second-order valence-electron chi connectivity index (χ2n) is 5.76. The minimum Gasteiger partial charge on any atom is -0.369 e. The van der Waals surface area contributed by atoms with Crippen LogP contribution in [0.3, 0.4) is 0 Å². The maximum absolute atomic E-state index is 9.10. The van der Waals surface area contributed by atoms with Crippen molar-refractivity contribution in [3.8, 4) is 6.07 Å². The summed E-state index contributed by atoms with van der Waals surface area (Å²) in [5.74, 6) is 0.667. The molecule has 5 nitrogen and oxygen atoms in total. The Morgan fingerprint density at radius 2 is 2.26 bits per heavy atom. The third kappa shape index (κ3) is 3.91. The molecular weight excluding hydrogens is 310 g/mol. The quantitative estimate of drug-likeness (QED) is 0.936. The van der Waals surface area contributed by atoms with Gasteiger partial charge < -0.3 is 10.2 Å².